The van der Waals surface area contributed by atoms with Crippen molar-refractivity contribution in [2.24, 2.45) is 0 Å². The summed E-state index contributed by atoms with van der Waals surface area (Å²) < 4.78 is 5.38. The van der Waals surface area contributed by atoms with Gasteiger partial charge in [0.25, 0.3) is 0 Å². The number of esters is 1. The molecule has 2 heteroatoms. The van der Waals surface area contributed by atoms with Gasteiger partial charge in [-0.3, -0.25) is 0 Å². The van der Waals surface area contributed by atoms with E-state index in [1.807, 2.05) is 19.9 Å². The van der Waals surface area contributed by atoms with Crippen molar-refractivity contribution in [2.45, 2.75) is 52.6 Å². The zero-order chi connectivity index (χ0) is 13.8. The molecule has 0 fully saturated rings. The van der Waals surface area contributed by atoms with E-state index in [-0.39, 0.29) is 5.97 Å². The lowest BCUT2D eigenvalue weighted by Gasteiger charge is -2.18. The minimum atomic E-state index is -0.560. The second-order valence-electron chi connectivity index (χ2n) is 4.88. The summed E-state index contributed by atoms with van der Waals surface area (Å²) in [5, 5.41) is 0. The Morgan fingerprint density at radius 2 is 2.00 bits per heavy atom. The first kappa shape index (κ1) is 14.5. The van der Waals surface area contributed by atoms with Gasteiger partial charge >= 0.3 is 5.97 Å². The van der Waals surface area contributed by atoms with Gasteiger partial charge in [0.2, 0.25) is 0 Å². The van der Waals surface area contributed by atoms with Gasteiger partial charge in [-0.15, -0.1) is 12.3 Å². The zero-order valence-corrected chi connectivity index (χ0v) is 11.8. The van der Waals surface area contributed by atoms with Crippen LogP contribution in [0, 0.1) is 0 Å². The van der Waals surface area contributed by atoms with Crippen molar-refractivity contribution in [1.29, 1.82) is 0 Å². The molecule has 2 nitrogen and oxygen atoms in total. The summed E-state index contributed by atoms with van der Waals surface area (Å²) in [5.41, 5.74) is 5.60. The Kier molecular flexibility index (Phi) is 4.75. The molecule has 0 aromatic heterocycles. The molecule has 0 atom stereocenters. The van der Waals surface area contributed by atoms with Crippen molar-refractivity contribution in [1.82, 2.24) is 0 Å². The molecule has 1 heterocycles. The third-order valence-electron chi connectivity index (χ3n) is 3.19. The molecule has 0 spiro atoms. The van der Waals surface area contributed by atoms with Crippen LogP contribution in [0.1, 0.15) is 47.0 Å². The molecule has 0 saturated carbocycles. The minimum Gasteiger partial charge on any atom is -0.451 e. The van der Waals surface area contributed by atoms with E-state index in [0.717, 1.165) is 18.4 Å². The highest BCUT2D eigenvalue weighted by molar-refractivity contribution is 5.94. The summed E-state index contributed by atoms with van der Waals surface area (Å²) in [6.07, 6.45) is 6.14. The predicted molar refractivity (Wildman–Crippen MR) is 74.2 cm³/mol. The highest BCUT2D eigenvalue weighted by atomic mass is 16.6. The largest absolute Gasteiger partial charge is 0.451 e. The van der Waals surface area contributed by atoms with E-state index >= 15 is 0 Å². The van der Waals surface area contributed by atoms with Crippen molar-refractivity contribution in [3.05, 3.63) is 41.2 Å². The fourth-order valence-electron chi connectivity index (χ4n) is 2.05. The molecule has 1 aliphatic rings. The average molecular weight is 246 g/mol. The van der Waals surface area contributed by atoms with Crippen LogP contribution in [0.4, 0.5) is 0 Å². The van der Waals surface area contributed by atoms with Crippen molar-refractivity contribution >= 4 is 5.97 Å². The van der Waals surface area contributed by atoms with Gasteiger partial charge in [-0.25, -0.2) is 4.79 Å². The lowest BCUT2D eigenvalue weighted by molar-refractivity contribution is -0.144. The molecule has 1 rings (SSSR count). The van der Waals surface area contributed by atoms with Crippen LogP contribution in [0.15, 0.2) is 41.2 Å². The molecule has 0 radical (unpaired) electrons. The lowest BCUT2D eigenvalue weighted by Crippen LogP contribution is -2.22. The normalized spacial score (nSPS) is 17.2. The Hall–Kier alpha value is -1.53. The first-order valence-corrected chi connectivity index (χ1v) is 6.48. The van der Waals surface area contributed by atoms with Gasteiger partial charge in [-0.05, 0) is 44.8 Å². The summed E-state index contributed by atoms with van der Waals surface area (Å²) in [7, 11) is 0. The molecule has 0 saturated heterocycles. The number of allylic oxidation sites excluding steroid dienone is 1. The maximum atomic E-state index is 11.8. The fraction of sp³-hybridized carbons (Fsp3) is 0.500. The SMILES string of the molecule is C=CCC1=C(C=C=C(CC)CC)C(C)(C)OC1=O. The smallest absolute Gasteiger partial charge is 0.335 e. The molecule has 18 heavy (non-hydrogen) atoms. The fourth-order valence-corrected chi connectivity index (χ4v) is 2.05. The molecular weight excluding hydrogens is 224 g/mol. The van der Waals surface area contributed by atoms with Crippen LogP contribution in [0.3, 0.4) is 0 Å². The Bertz CT molecular complexity index is 438. The maximum absolute atomic E-state index is 11.8. The molecule has 0 aromatic rings. The van der Waals surface area contributed by atoms with Crippen LogP contribution in [-0.2, 0) is 9.53 Å². The van der Waals surface area contributed by atoms with Gasteiger partial charge in [0.05, 0.1) is 0 Å². The monoisotopic (exact) mass is 246 g/mol. The first-order chi connectivity index (χ1) is 8.46. The summed E-state index contributed by atoms with van der Waals surface area (Å²) in [6.45, 7) is 11.7. The molecule has 0 aromatic carbocycles. The van der Waals surface area contributed by atoms with Gasteiger partial charge < -0.3 is 4.74 Å². The number of hydrogen-bond acceptors (Lipinski definition) is 2. The highest BCUT2D eigenvalue weighted by Gasteiger charge is 2.38. The van der Waals surface area contributed by atoms with Crippen molar-refractivity contribution in [3.63, 3.8) is 0 Å². The molecule has 0 amide bonds. The van der Waals surface area contributed by atoms with Gasteiger partial charge in [-0.2, -0.15) is 0 Å². The third-order valence-corrected chi connectivity index (χ3v) is 3.19. The lowest BCUT2D eigenvalue weighted by atomic mass is 9.94. The van der Waals surface area contributed by atoms with E-state index in [1.165, 1.54) is 5.57 Å². The second-order valence-corrected chi connectivity index (χ2v) is 4.88. The number of carbonyl (C=O) groups excluding carboxylic acids is 1. The average Bonchev–Trinajstić information content (AvgIpc) is 2.52. The minimum absolute atomic E-state index is 0.234. The quantitative estimate of drug-likeness (QED) is 0.415. The molecule has 0 N–H and O–H groups in total. The first-order valence-electron chi connectivity index (χ1n) is 6.48. The van der Waals surface area contributed by atoms with Crippen molar-refractivity contribution in [3.8, 4) is 0 Å². The Morgan fingerprint density at radius 1 is 1.39 bits per heavy atom. The van der Waals surface area contributed by atoms with Crippen LogP contribution in [0.5, 0.6) is 0 Å². The number of hydrogen-bond donors (Lipinski definition) is 0. The summed E-state index contributed by atoms with van der Waals surface area (Å²) >= 11 is 0. The third kappa shape index (κ3) is 3.02. The topological polar surface area (TPSA) is 26.3 Å². The molecule has 0 unspecified atom stereocenters. The highest BCUT2D eigenvalue weighted by Crippen LogP contribution is 2.34. The van der Waals surface area contributed by atoms with Crippen LogP contribution < -0.4 is 0 Å². The van der Waals surface area contributed by atoms with Gasteiger partial charge in [0.15, 0.2) is 0 Å². The van der Waals surface area contributed by atoms with Crippen LogP contribution >= 0.6 is 0 Å². The second kappa shape index (κ2) is 5.88. The zero-order valence-electron chi connectivity index (χ0n) is 11.8. The maximum Gasteiger partial charge on any atom is 0.335 e. The van der Waals surface area contributed by atoms with Crippen molar-refractivity contribution in [2.75, 3.05) is 0 Å². The van der Waals surface area contributed by atoms with E-state index in [2.05, 4.69) is 26.2 Å². The van der Waals surface area contributed by atoms with E-state index in [4.69, 9.17) is 4.74 Å². The summed E-state index contributed by atoms with van der Waals surface area (Å²) in [4.78, 5) is 11.8. The van der Waals surface area contributed by atoms with E-state index in [1.54, 1.807) is 6.08 Å². The summed E-state index contributed by atoms with van der Waals surface area (Å²) in [6, 6.07) is 0. The van der Waals surface area contributed by atoms with E-state index in [9.17, 15) is 4.79 Å². The van der Waals surface area contributed by atoms with Gasteiger partial charge in [-0.1, -0.05) is 19.9 Å². The Morgan fingerprint density at radius 3 is 2.50 bits per heavy atom. The van der Waals surface area contributed by atoms with E-state index < -0.39 is 5.60 Å². The molecule has 0 bridgehead atoms. The number of cyclic esters (lactones) is 1. The van der Waals surface area contributed by atoms with Crippen LogP contribution in [0.25, 0.3) is 0 Å². The van der Waals surface area contributed by atoms with Crippen LogP contribution in [-0.4, -0.2) is 11.6 Å². The molecule has 98 valence electrons. The Labute approximate surface area is 110 Å². The Balaban J connectivity index is 3.25. The number of rotatable bonds is 5. The van der Waals surface area contributed by atoms with E-state index in [0.29, 0.717) is 12.0 Å². The number of ether oxygens (including phenoxy) is 1. The molecular formula is C16H22O2. The van der Waals surface area contributed by atoms with Gasteiger partial charge in [0, 0.05) is 11.1 Å². The molecule has 1 aliphatic heterocycles. The van der Waals surface area contributed by atoms with Gasteiger partial charge in [0.1, 0.15) is 5.60 Å². The standard InChI is InChI=1S/C16H22O2/c1-6-9-13-14(11-10-12(7-2)8-3)16(4,5)18-15(13)17/h6,11H,1,7-9H2,2-5H3. The predicted octanol–water partition coefficient (Wildman–Crippen LogP) is 4.10. The summed E-state index contributed by atoms with van der Waals surface area (Å²) in [5.74, 6) is -0.234. The van der Waals surface area contributed by atoms with Crippen molar-refractivity contribution < 1.29 is 9.53 Å². The number of carbonyl (C=O) groups is 1. The molecule has 0 aliphatic carbocycles. The van der Waals surface area contributed by atoms with Crippen LogP contribution in [0.2, 0.25) is 0 Å².